The van der Waals surface area contributed by atoms with Crippen LogP contribution >= 0.6 is 0 Å². The van der Waals surface area contributed by atoms with Crippen LogP contribution in [0.25, 0.3) is 11.1 Å². The Labute approximate surface area is 181 Å². The van der Waals surface area contributed by atoms with Crippen molar-refractivity contribution < 1.29 is 28.3 Å². The molecule has 3 N–H and O–H groups in total. The van der Waals surface area contributed by atoms with E-state index < -0.39 is 23.1 Å². The number of carbonyl (C=O) groups excluding carboxylic acids is 4. The minimum absolute atomic E-state index is 0.0463. The molecule has 2 aliphatic heterocycles. The van der Waals surface area contributed by atoms with E-state index in [2.05, 4.69) is 10.3 Å². The molecule has 5 rings (SSSR count). The maximum Gasteiger partial charge on any atom is 0.267 e. The molecule has 1 atom stereocenters. The summed E-state index contributed by atoms with van der Waals surface area (Å²) < 4.78 is 11.1. The van der Waals surface area contributed by atoms with E-state index in [-0.39, 0.29) is 36.9 Å². The van der Waals surface area contributed by atoms with Gasteiger partial charge >= 0.3 is 0 Å². The van der Waals surface area contributed by atoms with Gasteiger partial charge in [-0.2, -0.15) is 0 Å². The minimum atomic E-state index is -1.42. The molecule has 0 unspecified atom stereocenters. The molecule has 10 nitrogen and oxygen atoms in total. The van der Waals surface area contributed by atoms with Gasteiger partial charge in [0.25, 0.3) is 11.8 Å². The second kappa shape index (κ2) is 6.91. The third kappa shape index (κ3) is 2.91. The van der Waals surface area contributed by atoms with Crippen molar-refractivity contribution >= 4 is 34.7 Å². The van der Waals surface area contributed by atoms with E-state index in [0.29, 0.717) is 22.4 Å². The molecule has 1 fully saturated rings. The lowest BCUT2D eigenvalue weighted by molar-refractivity contribution is -0.127. The lowest BCUT2D eigenvalue weighted by atomic mass is 9.82. The molecular formula is C22H18N4O6. The first-order valence-electron chi connectivity index (χ1n) is 9.82. The molecule has 0 bridgehead atoms. The number of rotatable bonds is 5. The maximum atomic E-state index is 13.1. The Morgan fingerprint density at radius 1 is 1.25 bits per heavy atom. The number of fused-ring (bicyclic) bond motifs is 2. The summed E-state index contributed by atoms with van der Waals surface area (Å²) in [6.45, 7) is 0.217. The highest BCUT2D eigenvalue weighted by Gasteiger charge is 2.53. The Hall–Kier alpha value is -4.21. The highest BCUT2D eigenvalue weighted by Crippen LogP contribution is 2.39. The Bertz CT molecular complexity index is 1330. The number of furan rings is 1. The Morgan fingerprint density at radius 3 is 2.75 bits per heavy atom. The predicted molar refractivity (Wildman–Crippen MR) is 110 cm³/mol. The normalized spacial score (nSPS) is 20.0. The molecule has 0 radical (unpaired) electrons. The van der Waals surface area contributed by atoms with Gasteiger partial charge in [0.05, 0.1) is 13.5 Å². The minimum Gasteiger partial charge on any atom is -0.497 e. The van der Waals surface area contributed by atoms with E-state index in [9.17, 15) is 19.2 Å². The first-order valence-corrected chi connectivity index (χ1v) is 9.82. The number of nitrogens with one attached hydrogen (secondary N) is 1. The molecule has 2 aromatic heterocycles. The van der Waals surface area contributed by atoms with Crippen LogP contribution in [0.15, 0.2) is 40.8 Å². The number of imide groups is 1. The third-order valence-electron chi connectivity index (χ3n) is 5.90. The van der Waals surface area contributed by atoms with Crippen LogP contribution < -0.4 is 15.8 Å². The van der Waals surface area contributed by atoms with Crippen LogP contribution in [0.5, 0.6) is 5.75 Å². The maximum absolute atomic E-state index is 13.1. The van der Waals surface area contributed by atoms with Crippen LogP contribution in [0.4, 0.5) is 0 Å². The first-order chi connectivity index (χ1) is 15.3. The lowest BCUT2D eigenvalue weighted by Gasteiger charge is -2.28. The van der Waals surface area contributed by atoms with Gasteiger partial charge in [-0.05, 0) is 29.8 Å². The van der Waals surface area contributed by atoms with E-state index in [4.69, 9.17) is 14.9 Å². The standard InChI is InChI=1S/C22H18N4O6/c1-31-12-3-2-11-9-26(20(29)13(11)6-12)10-22(8-18(27)25-21(22)30)17-7-15-16(32-17)5-4-14(24-15)19(23)28/h2-7H,8-10H2,1H3,(H2,23,28)(H,25,27,30)/t22-/m1/s1. The van der Waals surface area contributed by atoms with Crippen LogP contribution in [-0.4, -0.2) is 47.2 Å². The van der Waals surface area contributed by atoms with Crippen LogP contribution in [0, 0.1) is 0 Å². The van der Waals surface area contributed by atoms with Gasteiger partial charge < -0.3 is 19.8 Å². The van der Waals surface area contributed by atoms with E-state index in [0.717, 1.165) is 5.56 Å². The number of nitrogens with zero attached hydrogens (tertiary/aromatic N) is 2. The van der Waals surface area contributed by atoms with Crippen molar-refractivity contribution in [2.75, 3.05) is 13.7 Å². The SMILES string of the molecule is COc1ccc2c(c1)C(=O)N(C[C@@]1(c3cc4nc(C(N)=O)ccc4o3)CC(=O)NC1=O)C2. The first kappa shape index (κ1) is 19.7. The van der Waals surface area contributed by atoms with Gasteiger partial charge in [0.15, 0.2) is 5.58 Å². The van der Waals surface area contributed by atoms with Crippen molar-refractivity contribution in [3.05, 3.63) is 59.0 Å². The van der Waals surface area contributed by atoms with Crippen molar-refractivity contribution in [2.24, 2.45) is 5.73 Å². The van der Waals surface area contributed by atoms with Crippen LogP contribution in [-0.2, 0) is 21.5 Å². The molecule has 162 valence electrons. The third-order valence-corrected chi connectivity index (χ3v) is 5.90. The Morgan fingerprint density at radius 2 is 2.06 bits per heavy atom. The zero-order valence-corrected chi connectivity index (χ0v) is 17.0. The van der Waals surface area contributed by atoms with Crippen molar-refractivity contribution in [3.63, 3.8) is 0 Å². The van der Waals surface area contributed by atoms with E-state index in [1.54, 1.807) is 18.2 Å². The summed E-state index contributed by atoms with van der Waals surface area (Å²) in [5.74, 6) is -1.25. The van der Waals surface area contributed by atoms with Gasteiger partial charge in [-0.15, -0.1) is 0 Å². The number of carbonyl (C=O) groups is 4. The molecule has 3 aromatic rings. The second-order valence-electron chi connectivity index (χ2n) is 7.88. The van der Waals surface area contributed by atoms with Crippen molar-refractivity contribution in [1.29, 1.82) is 0 Å². The number of ether oxygens (including phenoxy) is 1. The van der Waals surface area contributed by atoms with Crippen LogP contribution in [0.3, 0.4) is 0 Å². The average molecular weight is 434 g/mol. The highest BCUT2D eigenvalue weighted by atomic mass is 16.5. The molecule has 0 saturated carbocycles. The molecule has 1 saturated heterocycles. The summed E-state index contributed by atoms with van der Waals surface area (Å²) in [4.78, 5) is 55.4. The monoisotopic (exact) mass is 434 g/mol. The van der Waals surface area contributed by atoms with Gasteiger partial charge in [0.1, 0.15) is 28.1 Å². The topological polar surface area (TPSA) is 145 Å². The summed E-state index contributed by atoms with van der Waals surface area (Å²) in [5, 5.41) is 2.32. The summed E-state index contributed by atoms with van der Waals surface area (Å²) in [6, 6.07) is 9.67. The molecule has 0 aliphatic carbocycles. The highest BCUT2D eigenvalue weighted by molar-refractivity contribution is 6.10. The number of amides is 4. The Kier molecular flexibility index (Phi) is 4.26. The van der Waals surface area contributed by atoms with Gasteiger partial charge in [0, 0.05) is 24.7 Å². The van der Waals surface area contributed by atoms with Crippen LogP contribution in [0.2, 0.25) is 0 Å². The number of pyridine rings is 1. The number of hydrogen-bond acceptors (Lipinski definition) is 7. The average Bonchev–Trinajstić information content (AvgIpc) is 3.41. The molecule has 1 aromatic carbocycles. The summed E-state index contributed by atoms with van der Waals surface area (Å²) in [7, 11) is 1.52. The van der Waals surface area contributed by atoms with Gasteiger partial charge in [-0.3, -0.25) is 24.5 Å². The van der Waals surface area contributed by atoms with E-state index >= 15 is 0 Å². The molecule has 2 aliphatic rings. The molecule has 4 amide bonds. The fraction of sp³-hybridized carbons (Fsp3) is 0.227. The van der Waals surface area contributed by atoms with Crippen molar-refractivity contribution in [2.45, 2.75) is 18.4 Å². The molecule has 4 heterocycles. The molecular weight excluding hydrogens is 416 g/mol. The quantitative estimate of drug-likeness (QED) is 0.567. The predicted octanol–water partition coefficient (Wildman–Crippen LogP) is 0.876. The number of benzene rings is 1. The largest absolute Gasteiger partial charge is 0.497 e. The number of primary amides is 1. The zero-order valence-electron chi connectivity index (χ0n) is 17.0. The second-order valence-corrected chi connectivity index (χ2v) is 7.88. The van der Waals surface area contributed by atoms with Gasteiger partial charge in [-0.1, -0.05) is 6.07 Å². The summed E-state index contributed by atoms with van der Waals surface area (Å²) in [6.07, 6.45) is -0.183. The molecule has 10 heteroatoms. The van der Waals surface area contributed by atoms with Gasteiger partial charge in [-0.25, -0.2) is 4.98 Å². The number of aromatic nitrogens is 1. The number of methoxy groups -OCH3 is 1. The lowest BCUT2D eigenvalue weighted by Crippen LogP contribution is -2.46. The fourth-order valence-electron chi connectivity index (χ4n) is 4.27. The fourth-order valence-corrected chi connectivity index (χ4v) is 4.27. The number of hydrogen-bond donors (Lipinski definition) is 2. The van der Waals surface area contributed by atoms with Crippen molar-refractivity contribution in [3.8, 4) is 5.75 Å². The van der Waals surface area contributed by atoms with Crippen LogP contribution in [0.1, 0.15) is 38.6 Å². The Balaban J connectivity index is 1.55. The summed E-state index contributed by atoms with van der Waals surface area (Å²) >= 11 is 0. The smallest absolute Gasteiger partial charge is 0.267 e. The number of nitrogens with two attached hydrogens (primary N) is 1. The van der Waals surface area contributed by atoms with E-state index in [1.165, 1.54) is 30.2 Å². The molecule has 32 heavy (non-hydrogen) atoms. The van der Waals surface area contributed by atoms with Gasteiger partial charge in [0.2, 0.25) is 11.8 Å². The molecule has 0 spiro atoms. The zero-order chi connectivity index (χ0) is 22.6. The van der Waals surface area contributed by atoms with E-state index in [1.807, 2.05) is 0 Å². The van der Waals surface area contributed by atoms with Crippen molar-refractivity contribution in [1.82, 2.24) is 15.2 Å². The summed E-state index contributed by atoms with van der Waals surface area (Å²) in [5.41, 5.74) is 5.86.